The number of piperidine rings is 1. The summed E-state index contributed by atoms with van der Waals surface area (Å²) >= 11 is 0. The van der Waals surface area contributed by atoms with E-state index in [0.717, 1.165) is 35.2 Å². The van der Waals surface area contributed by atoms with E-state index in [1.165, 1.54) is 0 Å². The summed E-state index contributed by atoms with van der Waals surface area (Å²) in [5.74, 6) is 0.246. The van der Waals surface area contributed by atoms with Crippen LogP contribution in [-0.4, -0.2) is 41.5 Å². The molecule has 160 valence electrons. The molecule has 0 unspecified atom stereocenters. The highest BCUT2D eigenvalue weighted by molar-refractivity contribution is 5.97. The third-order valence-corrected chi connectivity index (χ3v) is 5.67. The molecular weight excluding hydrogens is 380 g/mol. The second kappa shape index (κ2) is 10.2. The van der Waals surface area contributed by atoms with Crippen LogP contribution in [0.1, 0.15) is 45.6 Å². The van der Waals surface area contributed by atoms with E-state index in [9.17, 15) is 9.59 Å². The van der Waals surface area contributed by atoms with Gasteiger partial charge in [0.25, 0.3) is 5.91 Å². The number of likely N-dealkylation sites (tertiary alicyclic amines) is 1. The van der Waals surface area contributed by atoms with Gasteiger partial charge in [-0.2, -0.15) is 0 Å². The van der Waals surface area contributed by atoms with Crippen molar-refractivity contribution in [3.63, 3.8) is 0 Å². The Morgan fingerprint density at radius 1 is 1.20 bits per heavy atom. The first-order chi connectivity index (χ1) is 14.5. The normalized spacial score (nSPS) is 14.4. The number of benzene rings is 1. The molecule has 3 rings (SSSR count). The number of rotatable bonds is 6. The largest absolute Gasteiger partial charge is 0.445 e. The van der Waals surface area contributed by atoms with Crippen LogP contribution in [0, 0.1) is 19.8 Å². The van der Waals surface area contributed by atoms with Gasteiger partial charge in [-0.15, -0.1) is 0 Å². The predicted molar refractivity (Wildman–Crippen MR) is 115 cm³/mol. The molecule has 7 nitrogen and oxygen atoms in total. The number of aromatic nitrogens is 1. The molecule has 0 bridgehead atoms. The monoisotopic (exact) mass is 410 g/mol. The van der Waals surface area contributed by atoms with Gasteiger partial charge in [-0.25, -0.2) is 4.79 Å². The summed E-state index contributed by atoms with van der Waals surface area (Å²) in [6, 6.07) is 9.66. The second-order valence-corrected chi connectivity index (χ2v) is 7.77. The summed E-state index contributed by atoms with van der Waals surface area (Å²) in [6.07, 6.45) is 3.09. The Morgan fingerprint density at radius 3 is 2.57 bits per heavy atom. The van der Waals surface area contributed by atoms with Crippen molar-refractivity contribution in [1.29, 1.82) is 0 Å². The lowest BCUT2D eigenvalue weighted by Gasteiger charge is -2.31. The van der Waals surface area contributed by atoms with Crippen molar-refractivity contribution in [2.75, 3.05) is 19.6 Å². The Kier molecular flexibility index (Phi) is 7.41. The Morgan fingerprint density at radius 2 is 1.90 bits per heavy atom. The number of aryl methyl sites for hydroxylation is 1. The predicted octanol–water partition coefficient (Wildman–Crippen LogP) is 2.94. The number of carbonyl (C=O) groups is 2. The van der Waals surface area contributed by atoms with Crippen molar-refractivity contribution in [2.45, 2.75) is 39.8 Å². The molecule has 0 saturated carbocycles. The van der Waals surface area contributed by atoms with E-state index in [4.69, 9.17) is 10.5 Å². The van der Waals surface area contributed by atoms with Crippen molar-refractivity contribution in [3.05, 3.63) is 64.5 Å². The standard InChI is InChI=1S/C23H30N4O3/c1-16-13-25-20(12-24)17(2)21(16)22(28)26-14-18-8-10-27(11-9-18)23(29)30-15-19-6-4-3-5-7-19/h3-7,13,18H,8-12,14-15,24H2,1-2H3,(H,26,28). The number of nitrogens with one attached hydrogen (secondary N) is 1. The van der Waals surface area contributed by atoms with Gasteiger partial charge < -0.3 is 20.7 Å². The zero-order chi connectivity index (χ0) is 21.5. The van der Waals surface area contributed by atoms with Gasteiger partial charge in [0, 0.05) is 37.9 Å². The summed E-state index contributed by atoms with van der Waals surface area (Å²) in [7, 11) is 0. The molecule has 7 heteroatoms. The SMILES string of the molecule is Cc1cnc(CN)c(C)c1C(=O)NCC1CCN(C(=O)OCc2ccccc2)CC1. The third kappa shape index (κ3) is 5.36. The number of amides is 2. The first-order valence-electron chi connectivity index (χ1n) is 10.4. The minimum Gasteiger partial charge on any atom is -0.445 e. The summed E-state index contributed by atoms with van der Waals surface area (Å²) < 4.78 is 5.41. The van der Waals surface area contributed by atoms with E-state index in [-0.39, 0.29) is 18.6 Å². The topological polar surface area (TPSA) is 97.5 Å². The molecule has 1 aromatic heterocycles. The second-order valence-electron chi connectivity index (χ2n) is 7.77. The Labute approximate surface area is 177 Å². The van der Waals surface area contributed by atoms with E-state index in [1.807, 2.05) is 44.2 Å². The minimum absolute atomic E-state index is 0.0909. The van der Waals surface area contributed by atoms with Crippen LogP contribution in [-0.2, 0) is 17.9 Å². The van der Waals surface area contributed by atoms with E-state index in [2.05, 4.69) is 10.3 Å². The van der Waals surface area contributed by atoms with Crippen LogP contribution in [0.2, 0.25) is 0 Å². The highest BCUT2D eigenvalue weighted by atomic mass is 16.6. The lowest BCUT2D eigenvalue weighted by molar-refractivity contribution is 0.0800. The molecule has 30 heavy (non-hydrogen) atoms. The maximum absolute atomic E-state index is 12.7. The van der Waals surface area contributed by atoms with E-state index >= 15 is 0 Å². The Bertz CT molecular complexity index is 878. The highest BCUT2D eigenvalue weighted by Crippen LogP contribution is 2.19. The van der Waals surface area contributed by atoms with Crippen molar-refractivity contribution >= 4 is 12.0 Å². The number of nitrogens with two attached hydrogens (primary N) is 1. The van der Waals surface area contributed by atoms with Crippen molar-refractivity contribution in [3.8, 4) is 0 Å². The third-order valence-electron chi connectivity index (χ3n) is 5.67. The molecule has 1 fully saturated rings. The summed E-state index contributed by atoms with van der Waals surface area (Å²) in [6.45, 7) is 6.23. The zero-order valence-corrected chi connectivity index (χ0v) is 17.7. The molecule has 1 aliphatic rings. The van der Waals surface area contributed by atoms with Gasteiger partial charge in [-0.1, -0.05) is 30.3 Å². The van der Waals surface area contributed by atoms with Crippen LogP contribution in [0.3, 0.4) is 0 Å². The fourth-order valence-corrected chi connectivity index (χ4v) is 3.79. The first kappa shape index (κ1) is 21.8. The van der Waals surface area contributed by atoms with E-state index < -0.39 is 0 Å². The van der Waals surface area contributed by atoms with Gasteiger partial charge in [0.15, 0.2) is 0 Å². The fourth-order valence-electron chi connectivity index (χ4n) is 3.79. The molecule has 3 N–H and O–H groups in total. The van der Waals surface area contributed by atoms with Gasteiger partial charge >= 0.3 is 6.09 Å². The summed E-state index contributed by atoms with van der Waals surface area (Å²) in [5.41, 5.74) is 9.78. The molecule has 2 amide bonds. The molecule has 1 saturated heterocycles. The van der Waals surface area contributed by atoms with Crippen LogP contribution in [0.15, 0.2) is 36.5 Å². The maximum atomic E-state index is 12.7. The van der Waals surface area contributed by atoms with Crippen LogP contribution < -0.4 is 11.1 Å². The molecule has 1 aromatic carbocycles. The number of carbonyl (C=O) groups excluding carboxylic acids is 2. The molecule has 0 radical (unpaired) electrons. The fraction of sp³-hybridized carbons (Fsp3) is 0.435. The van der Waals surface area contributed by atoms with Gasteiger partial charge in [0.2, 0.25) is 0 Å². The molecule has 2 aromatic rings. The van der Waals surface area contributed by atoms with Crippen LogP contribution in [0.25, 0.3) is 0 Å². The van der Waals surface area contributed by atoms with Gasteiger partial charge in [0.1, 0.15) is 6.61 Å². The number of hydrogen-bond acceptors (Lipinski definition) is 5. The number of nitrogens with zero attached hydrogens (tertiary/aromatic N) is 2. The smallest absolute Gasteiger partial charge is 0.410 e. The van der Waals surface area contributed by atoms with Gasteiger partial charge in [-0.05, 0) is 49.3 Å². The molecule has 1 aliphatic heterocycles. The molecule has 2 heterocycles. The lowest BCUT2D eigenvalue weighted by Crippen LogP contribution is -2.41. The van der Waals surface area contributed by atoms with Crippen LogP contribution >= 0.6 is 0 Å². The summed E-state index contributed by atoms with van der Waals surface area (Å²) in [5, 5.41) is 3.05. The lowest BCUT2D eigenvalue weighted by atomic mass is 9.96. The molecule has 0 atom stereocenters. The summed E-state index contributed by atoms with van der Waals surface area (Å²) in [4.78, 5) is 31.0. The quantitative estimate of drug-likeness (QED) is 0.763. The number of hydrogen-bond donors (Lipinski definition) is 2. The maximum Gasteiger partial charge on any atom is 0.410 e. The average molecular weight is 411 g/mol. The van der Waals surface area contributed by atoms with Crippen molar-refractivity contribution in [1.82, 2.24) is 15.2 Å². The Balaban J connectivity index is 1.45. The van der Waals surface area contributed by atoms with Crippen LogP contribution in [0.4, 0.5) is 4.79 Å². The highest BCUT2D eigenvalue weighted by Gasteiger charge is 2.25. The molecule has 0 aliphatic carbocycles. The number of pyridine rings is 1. The minimum atomic E-state index is -0.279. The van der Waals surface area contributed by atoms with Crippen LogP contribution in [0.5, 0.6) is 0 Å². The Hall–Kier alpha value is -2.93. The van der Waals surface area contributed by atoms with Crippen molar-refractivity contribution < 1.29 is 14.3 Å². The van der Waals surface area contributed by atoms with Gasteiger partial charge in [-0.3, -0.25) is 9.78 Å². The van der Waals surface area contributed by atoms with E-state index in [1.54, 1.807) is 11.1 Å². The average Bonchev–Trinajstić information content (AvgIpc) is 2.77. The first-order valence-corrected chi connectivity index (χ1v) is 10.4. The van der Waals surface area contributed by atoms with Crippen molar-refractivity contribution in [2.24, 2.45) is 11.7 Å². The van der Waals surface area contributed by atoms with Gasteiger partial charge in [0.05, 0.1) is 5.69 Å². The molecular formula is C23H30N4O3. The zero-order valence-electron chi connectivity index (χ0n) is 17.7. The van der Waals surface area contributed by atoms with E-state index in [0.29, 0.717) is 37.7 Å². The molecule has 0 spiro atoms. The number of ether oxygens (including phenoxy) is 1.